The Morgan fingerprint density at radius 2 is 1.43 bits per heavy atom. The third kappa shape index (κ3) is 3.77. The van der Waals surface area contributed by atoms with Crippen LogP contribution in [-0.4, -0.2) is 25.2 Å². The molecule has 0 saturated heterocycles. The summed E-state index contributed by atoms with van der Waals surface area (Å²) < 4.78 is 5.06. The van der Waals surface area contributed by atoms with Crippen LogP contribution in [0.15, 0.2) is 48.5 Å². The van der Waals surface area contributed by atoms with Crippen molar-refractivity contribution < 1.29 is 14.3 Å². The van der Waals surface area contributed by atoms with Crippen molar-refractivity contribution in [2.24, 2.45) is 5.73 Å². The van der Waals surface area contributed by atoms with Gasteiger partial charge >= 0.3 is 0 Å². The van der Waals surface area contributed by atoms with Crippen LogP contribution >= 0.6 is 0 Å². The molecule has 0 aliphatic rings. The molecule has 0 heterocycles. The van der Waals surface area contributed by atoms with Gasteiger partial charge in [-0.25, -0.2) is 0 Å². The molecular formula is C17H17NO3. The number of hydrogen-bond acceptors (Lipinski definition) is 4. The summed E-state index contributed by atoms with van der Waals surface area (Å²) in [7, 11) is 1.58. The summed E-state index contributed by atoms with van der Waals surface area (Å²) in [6.07, 6.45) is 0.295. The molecule has 21 heavy (non-hydrogen) atoms. The standard InChI is InChI=1S/C17H17NO3/c1-21-15-8-6-13(7-9-15)16(19)10-12-2-4-14(5-3-12)17(20)11-18/h2-9H,10-11,18H2,1H3. The number of carbonyl (C=O) groups excluding carboxylic acids is 2. The van der Waals surface area contributed by atoms with E-state index in [1.807, 2.05) is 0 Å². The summed E-state index contributed by atoms with van der Waals surface area (Å²) in [5, 5.41) is 0. The number of carbonyl (C=O) groups is 2. The van der Waals surface area contributed by atoms with E-state index in [0.29, 0.717) is 17.5 Å². The van der Waals surface area contributed by atoms with Gasteiger partial charge in [0.25, 0.3) is 0 Å². The molecule has 0 bridgehead atoms. The average molecular weight is 283 g/mol. The lowest BCUT2D eigenvalue weighted by molar-refractivity contribution is 0.0989. The molecule has 4 nitrogen and oxygen atoms in total. The van der Waals surface area contributed by atoms with E-state index < -0.39 is 0 Å². The van der Waals surface area contributed by atoms with Gasteiger partial charge in [-0.3, -0.25) is 9.59 Å². The second kappa shape index (κ2) is 6.81. The van der Waals surface area contributed by atoms with Crippen molar-refractivity contribution in [3.8, 4) is 5.75 Å². The summed E-state index contributed by atoms with van der Waals surface area (Å²) >= 11 is 0. The van der Waals surface area contributed by atoms with Crippen molar-refractivity contribution in [3.05, 3.63) is 65.2 Å². The molecule has 0 aromatic heterocycles. The van der Waals surface area contributed by atoms with E-state index in [-0.39, 0.29) is 18.1 Å². The quantitative estimate of drug-likeness (QED) is 0.826. The number of rotatable bonds is 6. The molecule has 0 aliphatic carbocycles. The minimum atomic E-state index is -0.108. The molecule has 108 valence electrons. The highest BCUT2D eigenvalue weighted by Crippen LogP contribution is 2.14. The molecule has 0 saturated carbocycles. The number of ether oxygens (including phenoxy) is 1. The molecule has 2 aromatic rings. The molecule has 0 fully saturated rings. The lowest BCUT2D eigenvalue weighted by Gasteiger charge is -2.04. The minimum absolute atomic E-state index is 0.00980. The first-order valence-electron chi connectivity index (χ1n) is 6.63. The van der Waals surface area contributed by atoms with E-state index in [2.05, 4.69) is 0 Å². The fourth-order valence-electron chi connectivity index (χ4n) is 1.99. The van der Waals surface area contributed by atoms with Gasteiger partial charge in [-0.1, -0.05) is 24.3 Å². The predicted molar refractivity (Wildman–Crippen MR) is 80.9 cm³/mol. The van der Waals surface area contributed by atoms with Gasteiger partial charge in [0.05, 0.1) is 13.7 Å². The highest BCUT2D eigenvalue weighted by Gasteiger charge is 2.08. The van der Waals surface area contributed by atoms with Crippen LogP contribution in [0.5, 0.6) is 5.75 Å². The zero-order valence-corrected chi connectivity index (χ0v) is 11.8. The van der Waals surface area contributed by atoms with Crippen LogP contribution in [0, 0.1) is 0 Å². The van der Waals surface area contributed by atoms with Crippen LogP contribution in [0.4, 0.5) is 0 Å². The van der Waals surface area contributed by atoms with E-state index >= 15 is 0 Å². The normalized spacial score (nSPS) is 10.2. The van der Waals surface area contributed by atoms with Crippen molar-refractivity contribution in [1.82, 2.24) is 0 Å². The summed E-state index contributed by atoms with van der Waals surface area (Å²) in [5.74, 6) is 0.634. The second-order valence-electron chi connectivity index (χ2n) is 4.65. The van der Waals surface area contributed by atoms with Crippen molar-refractivity contribution in [2.45, 2.75) is 6.42 Å². The van der Waals surface area contributed by atoms with Gasteiger partial charge in [0.2, 0.25) is 0 Å². The number of benzene rings is 2. The molecule has 2 rings (SSSR count). The summed E-state index contributed by atoms with van der Waals surface area (Å²) in [5.41, 5.74) is 7.38. The number of Topliss-reactive ketones (excluding diaryl/α,β-unsaturated/α-hetero) is 2. The minimum Gasteiger partial charge on any atom is -0.497 e. The molecule has 2 aromatic carbocycles. The highest BCUT2D eigenvalue weighted by molar-refractivity contribution is 5.99. The Kier molecular flexibility index (Phi) is 4.85. The zero-order valence-electron chi connectivity index (χ0n) is 11.8. The first-order chi connectivity index (χ1) is 10.1. The predicted octanol–water partition coefficient (Wildman–Crippen LogP) is 2.26. The van der Waals surface area contributed by atoms with E-state index in [1.165, 1.54) is 0 Å². The van der Waals surface area contributed by atoms with Crippen LogP contribution in [-0.2, 0) is 6.42 Å². The Balaban J connectivity index is 2.06. The smallest absolute Gasteiger partial charge is 0.176 e. The molecule has 0 amide bonds. The Labute approximate surface area is 123 Å². The first-order valence-corrected chi connectivity index (χ1v) is 6.63. The molecule has 4 heteroatoms. The monoisotopic (exact) mass is 283 g/mol. The van der Waals surface area contributed by atoms with Crippen LogP contribution in [0.1, 0.15) is 26.3 Å². The summed E-state index contributed by atoms with van der Waals surface area (Å²) in [6.45, 7) is -0.00980. The van der Waals surface area contributed by atoms with Gasteiger partial charge in [-0.15, -0.1) is 0 Å². The number of methoxy groups -OCH3 is 1. The molecule has 0 aliphatic heterocycles. The van der Waals surface area contributed by atoms with E-state index in [1.54, 1.807) is 55.6 Å². The molecule has 0 radical (unpaired) electrons. The Hall–Kier alpha value is -2.46. The Morgan fingerprint density at radius 3 is 1.95 bits per heavy atom. The van der Waals surface area contributed by atoms with Gasteiger partial charge in [-0.2, -0.15) is 0 Å². The summed E-state index contributed by atoms with van der Waals surface area (Å²) in [6, 6.07) is 14.0. The highest BCUT2D eigenvalue weighted by atomic mass is 16.5. The number of hydrogen-bond donors (Lipinski definition) is 1. The van der Waals surface area contributed by atoms with Crippen molar-refractivity contribution in [3.63, 3.8) is 0 Å². The topological polar surface area (TPSA) is 69.4 Å². The molecule has 0 atom stereocenters. The van der Waals surface area contributed by atoms with Gasteiger partial charge in [0.1, 0.15) is 5.75 Å². The van der Waals surface area contributed by atoms with Crippen molar-refractivity contribution in [2.75, 3.05) is 13.7 Å². The van der Waals surface area contributed by atoms with Gasteiger partial charge in [0, 0.05) is 17.5 Å². The zero-order chi connectivity index (χ0) is 15.2. The van der Waals surface area contributed by atoms with Crippen LogP contribution < -0.4 is 10.5 Å². The van der Waals surface area contributed by atoms with Crippen molar-refractivity contribution >= 4 is 11.6 Å². The molecular weight excluding hydrogens is 266 g/mol. The van der Waals surface area contributed by atoms with Crippen LogP contribution in [0.25, 0.3) is 0 Å². The van der Waals surface area contributed by atoms with Gasteiger partial charge in [0.15, 0.2) is 11.6 Å². The third-order valence-electron chi connectivity index (χ3n) is 3.24. The molecule has 0 unspecified atom stereocenters. The van der Waals surface area contributed by atoms with E-state index in [0.717, 1.165) is 11.3 Å². The summed E-state index contributed by atoms with van der Waals surface area (Å²) in [4.78, 5) is 23.6. The molecule has 2 N–H and O–H groups in total. The Bertz CT molecular complexity index is 630. The average Bonchev–Trinajstić information content (AvgIpc) is 2.55. The fraction of sp³-hybridized carbons (Fsp3) is 0.176. The van der Waals surface area contributed by atoms with Crippen LogP contribution in [0.2, 0.25) is 0 Å². The maximum Gasteiger partial charge on any atom is 0.176 e. The van der Waals surface area contributed by atoms with Gasteiger partial charge in [-0.05, 0) is 29.8 Å². The van der Waals surface area contributed by atoms with Gasteiger partial charge < -0.3 is 10.5 Å². The first kappa shape index (κ1) is 14.9. The fourth-order valence-corrected chi connectivity index (χ4v) is 1.99. The maximum atomic E-state index is 12.2. The molecule has 0 spiro atoms. The van der Waals surface area contributed by atoms with E-state index in [4.69, 9.17) is 10.5 Å². The largest absolute Gasteiger partial charge is 0.497 e. The van der Waals surface area contributed by atoms with E-state index in [9.17, 15) is 9.59 Å². The number of nitrogens with two attached hydrogens (primary N) is 1. The maximum absolute atomic E-state index is 12.2. The lowest BCUT2D eigenvalue weighted by atomic mass is 10.0. The van der Waals surface area contributed by atoms with Crippen molar-refractivity contribution in [1.29, 1.82) is 0 Å². The lowest BCUT2D eigenvalue weighted by Crippen LogP contribution is -2.13. The number of ketones is 2. The second-order valence-corrected chi connectivity index (χ2v) is 4.65. The SMILES string of the molecule is COc1ccc(C(=O)Cc2ccc(C(=O)CN)cc2)cc1. The van der Waals surface area contributed by atoms with Crippen LogP contribution in [0.3, 0.4) is 0 Å². The third-order valence-corrected chi connectivity index (χ3v) is 3.24. The Morgan fingerprint density at radius 1 is 0.905 bits per heavy atom.